The van der Waals surface area contributed by atoms with Crippen molar-refractivity contribution in [1.82, 2.24) is 16.0 Å². The van der Waals surface area contributed by atoms with Gasteiger partial charge >= 0.3 is 0 Å². The van der Waals surface area contributed by atoms with Crippen LogP contribution >= 0.6 is 11.6 Å². The van der Waals surface area contributed by atoms with Crippen molar-refractivity contribution in [3.8, 4) is 0 Å². The molecule has 4 N–H and O–H groups in total. The van der Waals surface area contributed by atoms with Gasteiger partial charge in [0, 0.05) is 28.9 Å². The molecule has 35 heavy (non-hydrogen) atoms. The van der Waals surface area contributed by atoms with Gasteiger partial charge in [-0.2, -0.15) is 0 Å². The van der Waals surface area contributed by atoms with E-state index < -0.39 is 29.6 Å². The monoisotopic (exact) mass is 500 g/mol. The lowest BCUT2D eigenvalue weighted by molar-refractivity contribution is -0.139. The van der Waals surface area contributed by atoms with Gasteiger partial charge in [-0.25, -0.2) is 0 Å². The molecular weight excluding hydrogens is 472 g/mol. The summed E-state index contributed by atoms with van der Waals surface area (Å²) >= 11 is 6.14. The summed E-state index contributed by atoms with van der Waals surface area (Å²) in [6.45, 7) is 1.86. The van der Waals surface area contributed by atoms with E-state index in [1.165, 1.54) is 6.07 Å². The molecule has 1 heterocycles. The first kappa shape index (κ1) is 23.8. The van der Waals surface area contributed by atoms with E-state index in [1.54, 1.807) is 12.1 Å². The maximum Gasteiger partial charge on any atom is 0.289 e. The Labute approximate surface area is 208 Å². The summed E-state index contributed by atoms with van der Waals surface area (Å²) in [4.78, 5) is 63.8. The molecule has 0 aromatic heterocycles. The van der Waals surface area contributed by atoms with Crippen LogP contribution in [-0.2, 0) is 19.2 Å². The number of carbonyl (C=O) groups is 5. The van der Waals surface area contributed by atoms with E-state index in [1.807, 2.05) is 6.92 Å². The molecule has 5 rings (SSSR count). The van der Waals surface area contributed by atoms with Gasteiger partial charge in [-0.05, 0) is 75.5 Å². The molecule has 4 aliphatic rings. The van der Waals surface area contributed by atoms with Crippen molar-refractivity contribution < 1.29 is 24.0 Å². The molecule has 186 valence electrons. The fourth-order valence-corrected chi connectivity index (χ4v) is 5.19. The fraction of sp³-hybridized carbons (Fsp3) is 0.560. The third-order valence-corrected chi connectivity index (χ3v) is 7.79. The average molecular weight is 501 g/mol. The van der Waals surface area contributed by atoms with Gasteiger partial charge in [-0.1, -0.05) is 11.6 Å². The number of halogens is 1. The number of rotatable bonds is 9. The smallest absolute Gasteiger partial charge is 0.289 e. The third-order valence-electron chi connectivity index (χ3n) is 7.56. The number of benzene rings is 1. The summed E-state index contributed by atoms with van der Waals surface area (Å²) in [5, 5.41) is 11.2. The van der Waals surface area contributed by atoms with Gasteiger partial charge < -0.3 is 21.3 Å². The molecule has 4 fully saturated rings. The van der Waals surface area contributed by atoms with Crippen LogP contribution in [0.4, 0.5) is 5.69 Å². The molecule has 1 aromatic carbocycles. The highest BCUT2D eigenvalue weighted by molar-refractivity contribution is 6.38. The van der Waals surface area contributed by atoms with Crippen LogP contribution in [0.1, 0.15) is 62.2 Å². The zero-order valence-corrected chi connectivity index (χ0v) is 20.2. The van der Waals surface area contributed by atoms with E-state index in [2.05, 4.69) is 21.3 Å². The first-order valence-electron chi connectivity index (χ1n) is 12.2. The van der Waals surface area contributed by atoms with Gasteiger partial charge in [0.25, 0.3) is 11.8 Å². The fourth-order valence-electron chi connectivity index (χ4n) is 5.02. The van der Waals surface area contributed by atoms with Gasteiger partial charge in [0.15, 0.2) is 0 Å². The highest BCUT2D eigenvalue weighted by Crippen LogP contribution is 2.70. The number of nitrogens with one attached hydrogen (secondary N) is 4. The lowest BCUT2D eigenvalue weighted by Crippen LogP contribution is -2.49. The van der Waals surface area contributed by atoms with Gasteiger partial charge in [0.2, 0.25) is 17.6 Å². The van der Waals surface area contributed by atoms with Crippen LogP contribution in [0, 0.1) is 17.3 Å². The van der Waals surface area contributed by atoms with Crippen LogP contribution in [-0.4, -0.2) is 47.5 Å². The maximum atomic E-state index is 13.3. The molecule has 1 spiro atoms. The molecule has 3 aliphatic carbocycles. The van der Waals surface area contributed by atoms with E-state index >= 15 is 0 Å². The second-order valence-corrected chi connectivity index (χ2v) is 11.0. The Hall–Kier alpha value is -2.94. The predicted molar refractivity (Wildman–Crippen MR) is 128 cm³/mol. The van der Waals surface area contributed by atoms with Gasteiger partial charge in [-0.3, -0.25) is 24.0 Å². The topological polar surface area (TPSA) is 133 Å². The standard InChI is InChI=1S/C25H29ClN4O5/c1-12-8-13(21(32)27-12)9-19(20(31)24(35)28-15-3-4-15)30-22(33)16-10-14(26)2-5-18(16)29-23(34)17-11-25(17)6-7-25/h2,5,10,12-13,15,17,19H,3-4,6-9,11H2,1H3,(H,27,32)(H,28,35)(H,29,34)(H,30,33)/t12-,13+,17?,19?/m1/s1. The van der Waals surface area contributed by atoms with Gasteiger partial charge in [0.05, 0.1) is 17.3 Å². The molecule has 1 aliphatic heterocycles. The number of hydrogen-bond donors (Lipinski definition) is 4. The molecule has 1 aromatic rings. The zero-order chi connectivity index (χ0) is 24.9. The normalized spacial score (nSPS) is 26.5. The minimum absolute atomic E-state index is 0.00564. The summed E-state index contributed by atoms with van der Waals surface area (Å²) in [7, 11) is 0. The van der Waals surface area contributed by atoms with Crippen molar-refractivity contribution in [3.05, 3.63) is 28.8 Å². The Morgan fingerprint density at radius 3 is 2.54 bits per heavy atom. The Kier molecular flexibility index (Phi) is 6.07. The van der Waals surface area contributed by atoms with Crippen LogP contribution in [0.15, 0.2) is 18.2 Å². The summed E-state index contributed by atoms with van der Waals surface area (Å²) in [5.41, 5.74) is 0.547. The second kappa shape index (κ2) is 8.93. The number of Topliss-reactive ketones (excluding diaryl/α,β-unsaturated/α-hetero) is 1. The molecule has 4 amide bonds. The Morgan fingerprint density at radius 1 is 1.20 bits per heavy atom. The van der Waals surface area contributed by atoms with Crippen LogP contribution in [0.3, 0.4) is 0 Å². The zero-order valence-electron chi connectivity index (χ0n) is 19.5. The third kappa shape index (κ3) is 5.19. The van der Waals surface area contributed by atoms with E-state index in [-0.39, 0.29) is 52.2 Å². The number of carbonyl (C=O) groups excluding carboxylic acids is 5. The summed E-state index contributed by atoms with van der Waals surface area (Å²) in [6, 6.07) is 3.28. The van der Waals surface area contributed by atoms with Crippen molar-refractivity contribution >= 4 is 46.7 Å². The first-order valence-corrected chi connectivity index (χ1v) is 12.6. The van der Waals surface area contributed by atoms with Crippen molar-refractivity contribution in [1.29, 1.82) is 0 Å². The van der Waals surface area contributed by atoms with Crippen molar-refractivity contribution in [2.45, 2.75) is 70.0 Å². The van der Waals surface area contributed by atoms with Gasteiger partial charge in [0.1, 0.15) is 0 Å². The minimum Gasteiger partial charge on any atom is -0.353 e. The van der Waals surface area contributed by atoms with Gasteiger partial charge in [-0.15, -0.1) is 0 Å². The average Bonchev–Trinajstić information content (AvgIpc) is 3.73. The lowest BCUT2D eigenvalue weighted by Gasteiger charge is -2.21. The maximum absolute atomic E-state index is 13.3. The lowest BCUT2D eigenvalue weighted by atomic mass is 9.93. The number of anilines is 1. The summed E-state index contributed by atoms with van der Waals surface area (Å²) in [6.07, 6.45) is 5.11. The predicted octanol–water partition coefficient (Wildman–Crippen LogP) is 1.94. The van der Waals surface area contributed by atoms with Crippen molar-refractivity contribution in [3.63, 3.8) is 0 Å². The van der Waals surface area contributed by atoms with E-state index in [4.69, 9.17) is 11.6 Å². The molecule has 0 bridgehead atoms. The van der Waals surface area contributed by atoms with Crippen LogP contribution in [0.2, 0.25) is 5.02 Å². The Morgan fingerprint density at radius 2 is 1.94 bits per heavy atom. The van der Waals surface area contributed by atoms with Crippen molar-refractivity contribution in [2.75, 3.05) is 5.32 Å². The molecule has 0 radical (unpaired) electrons. The number of amides is 4. The Balaban J connectivity index is 1.33. The molecule has 3 saturated carbocycles. The minimum atomic E-state index is -1.19. The Bertz CT molecular complexity index is 1110. The summed E-state index contributed by atoms with van der Waals surface area (Å²) in [5.74, 6) is -3.10. The van der Waals surface area contributed by atoms with Crippen LogP contribution in [0.25, 0.3) is 0 Å². The molecule has 10 heteroatoms. The van der Waals surface area contributed by atoms with E-state index in [9.17, 15) is 24.0 Å². The largest absolute Gasteiger partial charge is 0.353 e. The molecule has 1 saturated heterocycles. The van der Waals surface area contributed by atoms with E-state index in [0.29, 0.717) is 12.1 Å². The second-order valence-electron chi connectivity index (χ2n) is 10.5. The molecule has 2 unspecified atom stereocenters. The van der Waals surface area contributed by atoms with E-state index in [0.717, 1.165) is 32.1 Å². The SMILES string of the molecule is C[C@@H]1C[C@@H](CC(NC(=O)c2cc(Cl)ccc2NC(=O)C2CC23CC3)C(=O)C(=O)NC2CC2)C(=O)N1. The quantitative estimate of drug-likeness (QED) is 0.384. The highest BCUT2D eigenvalue weighted by atomic mass is 35.5. The van der Waals surface area contributed by atoms with Crippen LogP contribution < -0.4 is 21.3 Å². The highest BCUT2D eigenvalue weighted by Gasteiger charge is 2.65. The molecule has 4 atom stereocenters. The molecular formula is C25H29ClN4O5. The number of hydrogen-bond acceptors (Lipinski definition) is 5. The first-order chi connectivity index (χ1) is 16.6. The van der Waals surface area contributed by atoms with Crippen LogP contribution in [0.5, 0.6) is 0 Å². The number of ketones is 1. The summed E-state index contributed by atoms with van der Waals surface area (Å²) < 4.78 is 0. The van der Waals surface area contributed by atoms with Crippen molar-refractivity contribution in [2.24, 2.45) is 17.3 Å². The molecule has 9 nitrogen and oxygen atoms in total.